The first-order valence-corrected chi connectivity index (χ1v) is 10.2. The van der Waals surface area contributed by atoms with Crippen LogP contribution in [0.25, 0.3) is 0 Å². The minimum absolute atomic E-state index is 0.167. The fourth-order valence-corrected chi connectivity index (χ4v) is 2.88. The van der Waals surface area contributed by atoms with E-state index in [1.54, 1.807) is 24.3 Å². The number of aliphatic imine (C=N–C) groups is 1. The lowest BCUT2D eigenvalue weighted by Gasteiger charge is -2.24. The number of benzene rings is 2. The van der Waals surface area contributed by atoms with Gasteiger partial charge >= 0.3 is 5.97 Å². The van der Waals surface area contributed by atoms with E-state index in [0.717, 1.165) is 11.1 Å². The van der Waals surface area contributed by atoms with Crippen LogP contribution in [-0.4, -0.2) is 41.2 Å². The van der Waals surface area contributed by atoms with Crippen molar-refractivity contribution in [2.45, 2.75) is 16.9 Å². The Labute approximate surface area is 195 Å². The molecule has 0 heterocycles. The molecule has 0 aromatic heterocycles. The predicted octanol–water partition coefficient (Wildman–Crippen LogP) is 4.86. The van der Waals surface area contributed by atoms with E-state index in [2.05, 4.69) is 20.4 Å². The van der Waals surface area contributed by atoms with Gasteiger partial charge in [0.1, 0.15) is 0 Å². The molecule has 0 aliphatic carbocycles. The second-order valence-corrected chi connectivity index (χ2v) is 8.89. The van der Waals surface area contributed by atoms with Gasteiger partial charge in [-0.2, -0.15) is 0 Å². The fourth-order valence-electron chi connectivity index (χ4n) is 2.34. The predicted molar refractivity (Wildman–Crippen MR) is 126 cm³/mol. The second-order valence-electron chi connectivity index (χ2n) is 6.12. The second kappa shape index (κ2) is 10.8. The number of thiocarbonyl (C=S) groups is 1. The van der Waals surface area contributed by atoms with E-state index < -0.39 is 15.9 Å². The Morgan fingerprint density at radius 1 is 1.00 bits per heavy atom. The first kappa shape index (κ1) is 24.2. The Bertz CT molecular complexity index is 914. The SMILES string of the molecule is COC(=O)c1ccc(NC(=S)NC(/N=C(\OC)c2ccc(C)cc2)C(Cl)(Cl)Cl)cc1. The number of carbonyl (C=O) groups is 1. The van der Waals surface area contributed by atoms with Crippen molar-refractivity contribution in [3.8, 4) is 0 Å². The molecule has 2 aromatic rings. The van der Waals surface area contributed by atoms with Crippen LogP contribution in [-0.2, 0) is 9.47 Å². The summed E-state index contributed by atoms with van der Waals surface area (Å²) in [5.41, 5.74) is 2.85. The van der Waals surface area contributed by atoms with Gasteiger partial charge in [0.25, 0.3) is 0 Å². The monoisotopic (exact) mass is 487 g/mol. The number of hydrogen-bond donors (Lipinski definition) is 2. The highest BCUT2D eigenvalue weighted by Crippen LogP contribution is 2.31. The van der Waals surface area contributed by atoms with Crippen LogP contribution < -0.4 is 10.6 Å². The highest BCUT2D eigenvalue weighted by Gasteiger charge is 2.34. The number of hydrogen-bond acceptors (Lipinski definition) is 5. The molecule has 0 spiro atoms. The number of nitrogens with zero attached hydrogens (tertiary/aromatic N) is 1. The van der Waals surface area contributed by atoms with Gasteiger partial charge in [0.05, 0.1) is 19.8 Å². The number of ether oxygens (including phenoxy) is 2. The highest BCUT2D eigenvalue weighted by atomic mass is 35.6. The zero-order chi connectivity index (χ0) is 22.3. The molecule has 0 radical (unpaired) electrons. The van der Waals surface area contributed by atoms with Gasteiger partial charge in [-0.1, -0.05) is 52.5 Å². The van der Waals surface area contributed by atoms with Crippen LogP contribution in [0.2, 0.25) is 0 Å². The Kier molecular flexibility index (Phi) is 8.73. The van der Waals surface area contributed by atoms with Crippen LogP contribution in [0.5, 0.6) is 0 Å². The smallest absolute Gasteiger partial charge is 0.337 e. The molecule has 0 saturated heterocycles. The molecule has 2 aromatic carbocycles. The van der Waals surface area contributed by atoms with Crippen molar-refractivity contribution in [1.29, 1.82) is 0 Å². The lowest BCUT2D eigenvalue weighted by atomic mass is 10.1. The molecule has 0 aliphatic rings. The van der Waals surface area contributed by atoms with E-state index in [0.29, 0.717) is 11.3 Å². The third kappa shape index (κ3) is 7.02. The number of anilines is 1. The minimum atomic E-state index is -1.81. The van der Waals surface area contributed by atoms with Crippen molar-refractivity contribution >= 4 is 69.7 Å². The van der Waals surface area contributed by atoms with Crippen LogP contribution in [0, 0.1) is 6.92 Å². The molecule has 1 unspecified atom stereocenters. The summed E-state index contributed by atoms with van der Waals surface area (Å²) in [6.45, 7) is 1.97. The Balaban J connectivity index is 2.16. The van der Waals surface area contributed by atoms with Crippen LogP contribution >= 0.6 is 47.0 Å². The molecule has 10 heteroatoms. The molecule has 0 bridgehead atoms. The summed E-state index contributed by atoms with van der Waals surface area (Å²) in [6, 6.07) is 14.1. The van der Waals surface area contributed by atoms with Crippen molar-refractivity contribution < 1.29 is 14.3 Å². The van der Waals surface area contributed by atoms with Gasteiger partial charge in [-0.05, 0) is 55.5 Å². The third-order valence-corrected chi connectivity index (χ3v) is 4.72. The number of methoxy groups -OCH3 is 2. The van der Waals surface area contributed by atoms with Crippen molar-refractivity contribution in [2.75, 3.05) is 19.5 Å². The lowest BCUT2D eigenvalue weighted by Crippen LogP contribution is -2.45. The van der Waals surface area contributed by atoms with Crippen LogP contribution in [0.3, 0.4) is 0 Å². The van der Waals surface area contributed by atoms with E-state index >= 15 is 0 Å². The zero-order valence-corrected chi connectivity index (χ0v) is 19.5. The zero-order valence-electron chi connectivity index (χ0n) is 16.4. The first-order valence-electron chi connectivity index (χ1n) is 8.65. The van der Waals surface area contributed by atoms with Gasteiger partial charge in [0.2, 0.25) is 9.69 Å². The fraction of sp³-hybridized carbons (Fsp3) is 0.250. The largest absolute Gasteiger partial charge is 0.481 e. The molecular formula is C20H20Cl3N3O3S. The van der Waals surface area contributed by atoms with Crippen LogP contribution in [0.1, 0.15) is 21.5 Å². The summed E-state index contributed by atoms with van der Waals surface area (Å²) in [6.07, 6.45) is -1.03. The maximum Gasteiger partial charge on any atom is 0.337 e. The molecule has 0 amide bonds. The van der Waals surface area contributed by atoms with Gasteiger partial charge in [-0.15, -0.1) is 0 Å². The Morgan fingerprint density at radius 3 is 2.07 bits per heavy atom. The summed E-state index contributed by atoms with van der Waals surface area (Å²) in [5, 5.41) is 5.98. The first-order chi connectivity index (χ1) is 14.1. The molecule has 1 atom stereocenters. The molecule has 2 N–H and O–H groups in total. The van der Waals surface area contributed by atoms with E-state index in [1.807, 2.05) is 31.2 Å². The summed E-state index contributed by atoms with van der Waals surface area (Å²) in [7, 11) is 2.80. The summed E-state index contributed by atoms with van der Waals surface area (Å²) < 4.78 is 8.23. The maximum absolute atomic E-state index is 11.5. The highest BCUT2D eigenvalue weighted by molar-refractivity contribution is 7.80. The molecule has 30 heavy (non-hydrogen) atoms. The molecule has 160 valence electrons. The number of carbonyl (C=O) groups excluding carboxylic acids is 1. The molecule has 0 fully saturated rings. The van der Waals surface area contributed by atoms with Gasteiger partial charge in [-0.3, -0.25) is 0 Å². The maximum atomic E-state index is 11.5. The standard InChI is InChI=1S/C20H20Cl3N3O3S/c1-12-4-6-13(7-5-12)16(28-2)25-18(20(21,22)23)26-19(30)24-15-10-8-14(9-11-15)17(27)29-3/h4-11,18H,1-3H3,(H2,24,26,30)/b25-16-. The summed E-state index contributed by atoms with van der Waals surface area (Å²) in [4.78, 5) is 15.9. The average molecular weight is 489 g/mol. The van der Waals surface area contributed by atoms with E-state index in [1.165, 1.54) is 14.2 Å². The van der Waals surface area contributed by atoms with Gasteiger partial charge in [0, 0.05) is 11.3 Å². The number of aryl methyl sites for hydroxylation is 1. The topological polar surface area (TPSA) is 72.0 Å². The van der Waals surface area contributed by atoms with E-state index in [-0.39, 0.29) is 11.0 Å². The molecule has 0 aliphatic heterocycles. The van der Waals surface area contributed by atoms with Crippen molar-refractivity contribution in [1.82, 2.24) is 5.32 Å². The third-order valence-electron chi connectivity index (χ3n) is 3.88. The number of rotatable bonds is 5. The van der Waals surface area contributed by atoms with Gasteiger partial charge in [0.15, 0.2) is 11.3 Å². The number of alkyl halides is 3. The lowest BCUT2D eigenvalue weighted by molar-refractivity contribution is 0.0601. The van der Waals surface area contributed by atoms with Crippen LogP contribution in [0.15, 0.2) is 53.5 Å². The summed E-state index contributed by atoms with van der Waals surface area (Å²) in [5.74, 6) is -0.153. The normalized spacial score (nSPS) is 12.7. The van der Waals surface area contributed by atoms with Crippen molar-refractivity contribution in [3.05, 3.63) is 65.2 Å². The molecule has 6 nitrogen and oxygen atoms in total. The van der Waals surface area contributed by atoms with Crippen molar-refractivity contribution in [3.63, 3.8) is 0 Å². The average Bonchev–Trinajstić information content (AvgIpc) is 2.71. The Hall–Kier alpha value is -2.06. The van der Waals surface area contributed by atoms with Crippen LogP contribution in [0.4, 0.5) is 5.69 Å². The molecular weight excluding hydrogens is 469 g/mol. The number of esters is 1. The summed E-state index contributed by atoms with van der Waals surface area (Å²) >= 11 is 23.6. The molecule has 2 rings (SSSR count). The Morgan fingerprint density at radius 2 is 1.57 bits per heavy atom. The quantitative estimate of drug-likeness (QED) is 0.206. The van der Waals surface area contributed by atoms with Crippen molar-refractivity contribution in [2.24, 2.45) is 4.99 Å². The van der Waals surface area contributed by atoms with Gasteiger partial charge in [-0.25, -0.2) is 9.79 Å². The number of nitrogens with one attached hydrogen (secondary N) is 2. The van der Waals surface area contributed by atoms with E-state index in [9.17, 15) is 4.79 Å². The minimum Gasteiger partial charge on any atom is -0.481 e. The van der Waals surface area contributed by atoms with Gasteiger partial charge < -0.3 is 20.1 Å². The van der Waals surface area contributed by atoms with E-state index in [4.69, 9.17) is 51.8 Å². The number of halogens is 3. The molecule has 0 saturated carbocycles.